The van der Waals surface area contributed by atoms with Crippen LogP contribution in [-0.4, -0.2) is 32.5 Å². The predicted octanol–water partition coefficient (Wildman–Crippen LogP) is 13.5. The van der Waals surface area contributed by atoms with E-state index in [4.69, 9.17) is 4.84 Å². The third-order valence-corrected chi connectivity index (χ3v) is 21.1. The summed E-state index contributed by atoms with van der Waals surface area (Å²) in [5, 5.41) is 4.23. The molecule has 1 aliphatic heterocycles. The van der Waals surface area contributed by atoms with Crippen molar-refractivity contribution in [1.82, 2.24) is 5.06 Å². The molecule has 0 saturated heterocycles. The molecule has 3 aromatic carbocycles. The van der Waals surface area contributed by atoms with Crippen LogP contribution in [0.25, 0.3) is 22.3 Å². The van der Waals surface area contributed by atoms with E-state index in [-0.39, 0.29) is 5.41 Å². The first kappa shape index (κ1) is 38.5. The van der Waals surface area contributed by atoms with Crippen LogP contribution in [-0.2, 0) is 5.41 Å². The monoisotopic (exact) mass is 721 g/mol. The van der Waals surface area contributed by atoms with Gasteiger partial charge in [-0.05, 0) is 101 Å². The maximum absolute atomic E-state index is 6.99. The largest absolute Gasteiger partial charge is 0.406 e. The standard InChI is InChI=1S/C47H67NOSSi/c1-10-14-16-20-26-47(27-21-17-15-11-2)41-23-19-18-22-38(41)39-25-24-36(32-42(39)47)40-28-33(5)29-43(44(40)49-48(8)9)51(12-3,13-4)46-34(6)30-37-31-35(7)50-45(37)46/h18-19,22-25,28-29,31-32,34,37,45-46H,10-17,20-21,26-27,30H2,1-9H3/t34-,37?,45?,46-/m1/s1. The number of allylic oxidation sites excluding steroid dienone is 2. The summed E-state index contributed by atoms with van der Waals surface area (Å²) in [4.78, 5) is 8.53. The van der Waals surface area contributed by atoms with Crippen molar-refractivity contribution in [3.63, 3.8) is 0 Å². The van der Waals surface area contributed by atoms with Crippen molar-refractivity contribution in [1.29, 1.82) is 0 Å². The summed E-state index contributed by atoms with van der Waals surface area (Å²) in [5.74, 6) is 2.60. The number of hydrogen-bond acceptors (Lipinski definition) is 3. The van der Waals surface area contributed by atoms with E-state index in [0.717, 1.165) is 23.1 Å². The average molecular weight is 722 g/mol. The fourth-order valence-corrected chi connectivity index (χ4v) is 19.2. The number of rotatable bonds is 17. The molecule has 2 aliphatic carbocycles. The van der Waals surface area contributed by atoms with Gasteiger partial charge >= 0.3 is 0 Å². The second-order valence-electron chi connectivity index (χ2n) is 16.7. The van der Waals surface area contributed by atoms with Crippen LogP contribution in [0, 0.1) is 18.8 Å². The van der Waals surface area contributed by atoms with Gasteiger partial charge in [-0.15, -0.1) is 11.8 Å². The maximum atomic E-state index is 6.99. The Balaban J connectivity index is 1.52. The molecule has 0 N–H and O–H groups in total. The number of fused-ring (bicyclic) bond motifs is 4. The smallest absolute Gasteiger partial charge is 0.154 e. The average Bonchev–Trinajstić information content (AvgIpc) is 3.72. The quantitative estimate of drug-likeness (QED) is 0.0782. The highest BCUT2D eigenvalue weighted by atomic mass is 32.2. The molecule has 1 heterocycles. The molecule has 0 spiro atoms. The number of thioether (sulfide) groups is 1. The molecule has 4 heteroatoms. The minimum atomic E-state index is -2.03. The first-order chi connectivity index (χ1) is 24.6. The Labute approximate surface area is 317 Å². The van der Waals surface area contributed by atoms with Crippen molar-refractivity contribution in [2.75, 3.05) is 14.1 Å². The lowest BCUT2D eigenvalue weighted by molar-refractivity contribution is -0.00153. The van der Waals surface area contributed by atoms with Crippen molar-refractivity contribution in [2.45, 2.75) is 147 Å². The number of hydrogen-bond donors (Lipinski definition) is 0. The van der Waals surface area contributed by atoms with Crippen LogP contribution in [0.3, 0.4) is 0 Å². The molecule has 276 valence electrons. The lowest BCUT2D eigenvalue weighted by Crippen LogP contribution is -2.55. The van der Waals surface area contributed by atoms with Crippen LogP contribution in [0.4, 0.5) is 0 Å². The van der Waals surface area contributed by atoms with E-state index >= 15 is 0 Å². The van der Waals surface area contributed by atoms with E-state index in [1.807, 2.05) is 5.06 Å². The van der Waals surface area contributed by atoms with Gasteiger partial charge in [0, 0.05) is 30.3 Å². The van der Waals surface area contributed by atoms with Gasteiger partial charge in [-0.1, -0.05) is 152 Å². The first-order valence-electron chi connectivity index (χ1n) is 20.7. The minimum Gasteiger partial charge on any atom is -0.406 e. The number of benzene rings is 3. The van der Waals surface area contributed by atoms with E-state index in [1.165, 1.54) is 111 Å². The second-order valence-corrected chi connectivity index (χ2v) is 23.1. The van der Waals surface area contributed by atoms with Gasteiger partial charge in [0.1, 0.15) is 0 Å². The fourth-order valence-electron chi connectivity index (χ4n) is 11.0. The molecule has 0 bridgehead atoms. The van der Waals surface area contributed by atoms with E-state index in [1.54, 1.807) is 21.2 Å². The Morgan fingerprint density at radius 1 is 0.784 bits per heavy atom. The fraction of sp³-hybridized carbons (Fsp3) is 0.574. The van der Waals surface area contributed by atoms with Crippen LogP contribution >= 0.6 is 11.8 Å². The zero-order valence-corrected chi connectivity index (χ0v) is 35.4. The van der Waals surface area contributed by atoms with Gasteiger partial charge in [0.15, 0.2) is 5.75 Å². The Bertz CT molecular complexity index is 1680. The summed E-state index contributed by atoms with van der Waals surface area (Å²) in [5.41, 5.74) is 10.9. The highest BCUT2D eigenvalue weighted by molar-refractivity contribution is 8.04. The Kier molecular flexibility index (Phi) is 12.4. The van der Waals surface area contributed by atoms with Crippen molar-refractivity contribution in [2.24, 2.45) is 11.8 Å². The number of hydroxylamine groups is 2. The summed E-state index contributed by atoms with van der Waals surface area (Å²) >= 11 is 2.20. The van der Waals surface area contributed by atoms with E-state index in [9.17, 15) is 0 Å². The summed E-state index contributed by atoms with van der Waals surface area (Å²) in [6.45, 7) is 16.9. The molecule has 4 atom stereocenters. The van der Waals surface area contributed by atoms with Crippen LogP contribution in [0.15, 0.2) is 65.6 Å². The van der Waals surface area contributed by atoms with Crippen LogP contribution in [0.5, 0.6) is 5.75 Å². The van der Waals surface area contributed by atoms with Crippen LogP contribution < -0.4 is 10.0 Å². The molecule has 1 fully saturated rings. The van der Waals surface area contributed by atoms with E-state index in [0.29, 0.717) is 5.25 Å². The summed E-state index contributed by atoms with van der Waals surface area (Å²) in [6, 6.07) is 24.5. The van der Waals surface area contributed by atoms with Crippen molar-refractivity contribution < 1.29 is 4.84 Å². The van der Waals surface area contributed by atoms with Crippen LogP contribution in [0.2, 0.25) is 17.6 Å². The lowest BCUT2D eigenvalue weighted by Gasteiger charge is -2.43. The zero-order valence-electron chi connectivity index (χ0n) is 33.5. The van der Waals surface area contributed by atoms with Gasteiger partial charge in [-0.3, -0.25) is 0 Å². The highest BCUT2D eigenvalue weighted by Gasteiger charge is 2.55. The highest BCUT2D eigenvalue weighted by Crippen LogP contribution is 2.60. The summed E-state index contributed by atoms with van der Waals surface area (Å²) in [6.07, 6.45) is 16.9. The van der Waals surface area contributed by atoms with E-state index in [2.05, 4.69) is 135 Å². The zero-order chi connectivity index (χ0) is 36.3. The molecular formula is C47H67NOSSi. The van der Waals surface area contributed by atoms with Gasteiger partial charge in [0.25, 0.3) is 0 Å². The summed E-state index contributed by atoms with van der Waals surface area (Å²) < 4.78 is 0. The molecule has 0 amide bonds. The van der Waals surface area contributed by atoms with Crippen molar-refractivity contribution in [3.05, 3.63) is 82.3 Å². The normalized spacial score (nSPS) is 21.9. The Morgan fingerprint density at radius 3 is 2.10 bits per heavy atom. The topological polar surface area (TPSA) is 12.5 Å². The van der Waals surface area contributed by atoms with Crippen molar-refractivity contribution in [3.8, 4) is 28.0 Å². The third kappa shape index (κ3) is 7.20. The molecule has 1 saturated carbocycles. The number of aryl methyl sites for hydroxylation is 1. The molecule has 6 rings (SSSR count). The molecule has 2 nitrogen and oxygen atoms in total. The van der Waals surface area contributed by atoms with Gasteiger partial charge in [-0.25, -0.2) is 0 Å². The minimum absolute atomic E-state index is 0.0723. The molecule has 0 aromatic heterocycles. The van der Waals surface area contributed by atoms with Gasteiger partial charge < -0.3 is 4.84 Å². The number of nitrogens with zero attached hydrogens (tertiary/aromatic N) is 1. The lowest BCUT2D eigenvalue weighted by atomic mass is 9.70. The van der Waals surface area contributed by atoms with Crippen LogP contribution in [0.1, 0.15) is 129 Å². The molecule has 51 heavy (non-hydrogen) atoms. The molecule has 3 aliphatic rings. The first-order valence-corrected chi connectivity index (χ1v) is 24.1. The van der Waals surface area contributed by atoms with Gasteiger partial charge in [0.2, 0.25) is 0 Å². The Hall–Kier alpha value is -2.27. The molecular weight excluding hydrogens is 655 g/mol. The predicted molar refractivity (Wildman–Crippen MR) is 227 cm³/mol. The second kappa shape index (κ2) is 16.4. The molecule has 0 radical (unpaired) electrons. The third-order valence-electron chi connectivity index (χ3n) is 13.2. The van der Waals surface area contributed by atoms with Crippen molar-refractivity contribution >= 4 is 25.0 Å². The van der Waals surface area contributed by atoms with E-state index < -0.39 is 8.07 Å². The maximum Gasteiger partial charge on any atom is 0.154 e. The molecule has 2 unspecified atom stereocenters. The number of unbranched alkanes of at least 4 members (excludes halogenated alkanes) is 6. The van der Waals surface area contributed by atoms with Gasteiger partial charge in [0.05, 0.1) is 8.07 Å². The van der Waals surface area contributed by atoms with Gasteiger partial charge in [-0.2, -0.15) is 5.06 Å². The summed E-state index contributed by atoms with van der Waals surface area (Å²) in [7, 11) is 2.11. The SMILES string of the molecule is CCCCCCC1(CCCCCC)c2ccccc2-c2ccc(-c3cc(C)cc([Si](CC)(CC)[C@H]4C5SC(C)=CC5C[C@H]4C)c3ON(C)C)cc21. The Morgan fingerprint density at radius 2 is 1.45 bits per heavy atom. The molecule has 3 aromatic rings.